The van der Waals surface area contributed by atoms with E-state index in [-0.39, 0.29) is 0 Å². The van der Waals surface area contributed by atoms with Gasteiger partial charge in [0, 0.05) is 29.9 Å². The highest BCUT2D eigenvalue weighted by Crippen LogP contribution is 2.30. The Kier molecular flexibility index (Phi) is 3.83. The summed E-state index contributed by atoms with van der Waals surface area (Å²) in [5.41, 5.74) is 3.15. The molecule has 1 fully saturated rings. The van der Waals surface area contributed by atoms with Gasteiger partial charge in [-0.1, -0.05) is 0 Å². The van der Waals surface area contributed by atoms with E-state index in [0.29, 0.717) is 12.6 Å². The van der Waals surface area contributed by atoms with Gasteiger partial charge >= 0.3 is 0 Å². The maximum atomic E-state index is 8.87. The molecule has 0 spiro atoms. The zero-order valence-corrected chi connectivity index (χ0v) is 11.2. The molecule has 1 aliphatic rings. The fourth-order valence-electron chi connectivity index (χ4n) is 2.27. The van der Waals surface area contributed by atoms with Crippen LogP contribution in [-0.2, 0) is 6.54 Å². The number of hydrogen-bond donors (Lipinski definition) is 0. The minimum atomic E-state index is 0.474. The van der Waals surface area contributed by atoms with Gasteiger partial charge in [0.05, 0.1) is 25.4 Å². The third-order valence-electron chi connectivity index (χ3n) is 3.44. The van der Waals surface area contributed by atoms with Crippen molar-refractivity contribution in [3.63, 3.8) is 0 Å². The van der Waals surface area contributed by atoms with Crippen molar-refractivity contribution in [3.05, 3.63) is 23.0 Å². The Morgan fingerprint density at radius 1 is 1.50 bits per heavy atom. The molecule has 0 N–H and O–H groups in total. The first kappa shape index (κ1) is 12.8. The zero-order chi connectivity index (χ0) is 13.1. The number of aromatic nitrogens is 1. The van der Waals surface area contributed by atoms with Crippen LogP contribution >= 0.6 is 0 Å². The van der Waals surface area contributed by atoms with E-state index in [1.54, 1.807) is 7.11 Å². The largest absolute Gasteiger partial charge is 0.496 e. The summed E-state index contributed by atoms with van der Waals surface area (Å²) in [6, 6.07) is 2.80. The minimum absolute atomic E-state index is 0.474. The number of pyridine rings is 1. The second kappa shape index (κ2) is 5.36. The lowest BCUT2D eigenvalue weighted by molar-refractivity contribution is 0.282. The average molecular weight is 245 g/mol. The molecule has 18 heavy (non-hydrogen) atoms. The molecule has 0 radical (unpaired) electrons. The molecule has 0 bridgehead atoms. The number of rotatable bonds is 5. The predicted octanol–water partition coefficient (Wildman–Crippen LogP) is 2.20. The van der Waals surface area contributed by atoms with Crippen molar-refractivity contribution in [3.8, 4) is 11.8 Å². The number of methoxy groups -OCH3 is 1. The third kappa shape index (κ3) is 2.62. The number of aryl methyl sites for hydroxylation is 1. The molecule has 0 aliphatic heterocycles. The minimum Gasteiger partial charge on any atom is -0.496 e. The van der Waals surface area contributed by atoms with Crippen LogP contribution in [-0.4, -0.2) is 29.6 Å². The van der Waals surface area contributed by atoms with Crippen molar-refractivity contribution in [1.29, 1.82) is 5.26 Å². The molecule has 1 saturated carbocycles. The summed E-state index contributed by atoms with van der Waals surface area (Å²) >= 11 is 0. The molecule has 2 rings (SSSR count). The molecular weight excluding hydrogens is 226 g/mol. The summed E-state index contributed by atoms with van der Waals surface area (Å²) in [6.07, 6.45) is 4.24. The van der Waals surface area contributed by atoms with E-state index in [9.17, 15) is 0 Å². The number of nitriles is 1. The summed E-state index contributed by atoms with van der Waals surface area (Å²) in [5.74, 6) is 0.910. The molecule has 0 aromatic carbocycles. The topological polar surface area (TPSA) is 49.1 Å². The zero-order valence-electron chi connectivity index (χ0n) is 11.2. The van der Waals surface area contributed by atoms with Gasteiger partial charge in [0.15, 0.2) is 0 Å². The molecule has 0 amide bonds. The number of hydrogen-bond acceptors (Lipinski definition) is 4. The summed E-state index contributed by atoms with van der Waals surface area (Å²) in [7, 11) is 1.69. The summed E-state index contributed by atoms with van der Waals surface area (Å²) in [4.78, 5) is 6.69. The van der Waals surface area contributed by atoms with Crippen LogP contribution in [0.3, 0.4) is 0 Å². The molecule has 1 heterocycles. The van der Waals surface area contributed by atoms with Crippen LogP contribution in [0.5, 0.6) is 5.75 Å². The smallest absolute Gasteiger partial charge is 0.128 e. The van der Waals surface area contributed by atoms with Crippen molar-refractivity contribution in [2.45, 2.75) is 39.3 Å². The Morgan fingerprint density at radius 2 is 2.22 bits per heavy atom. The highest BCUT2D eigenvalue weighted by atomic mass is 16.5. The summed E-state index contributed by atoms with van der Waals surface area (Å²) < 4.78 is 5.41. The van der Waals surface area contributed by atoms with Crippen molar-refractivity contribution in [2.24, 2.45) is 0 Å². The first-order valence-corrected chi connectivity index (χ1v) is 6.27. The Balaban J connectivity index is 2.20. The lowest BCUT2D eigenvalue weighted by Gasteiger charge is -2.20. The molecule has 4 heteroatoms. The monoisotopic (exact) mass is 245 g/mol. The normalized spacial score (nSPS) is 14.6. The lowest BCUT2D eigenvalue weighted by Crippen LogP contribution is -2.26. The van der Waals surface area contributed by atoms with Crippen molar-refractivity contribution in [1.82, 2.24) is 9.88 Å². The molecule has 0 atom stereocenters. The molecular formula is C14H19N3O. The second-order valence-electron chi connectivity index (χ2n) is 4.84. The van der Waals surface area contributed by atoms with E-state index in [0.717, 1.165) is 29.1 Å². The van der Waals surface area contributed by atoms with Crippen LogP contribution < -0.4 is 4.74 Å². The van der Waals surface area contributed by atoms with Gasteiger partial charge in [0.1, 0.15) is 5.75 Å². The molecule has 1 aliphatic carbocycles. The molecule has 1 aromatic rings. The van der Waals surface area contributed by atoms with Gasteiger partial charge in [-0.25, -0.2) is 0 Å². The van der Waals surface area contributed by atoms with Gasteiger partial charge in [-0.15, -0.1) is 0 Å². The molecule has 0 unspecified atom stereocenters. The van der Waals surface area contributed by atoms with Crippen LogP contribution in [0.4, 0.5) is 0 Å². The Hall–Kier alpha value is -1.60. The molecule has 96 valence electrons. The van der Waals surface area contributed by atoms with E-state index in [1.165, 1.54) is 12.8 Å². The van der Waals surface area contributed by atoms with Gasteiger partial charge in [0.25, 0.3) is 0 Å². The number of nitrogens with zero attached hydrogens (tertiary/aromatic N) is 3. The second-order valence-corrected chi connectivity index (χ2v) is 4.84. The Labute approximate surface area is 108 Å². The van der Waals surface area contributed by atoms with Gasteiger partial charge in [-0.05, 0) is 26.7 Å². The van der Waals surface area contributed by atoms with E-state index in [4.69, 9.17) is 10.00 Å². The quantitative estimate of drug-likeness (QED) is 0.746. The number of ether oxygens (including phenoxy) is 1. The van der Waals surface area contributed by atoms with Crippen LogP contribution in [0.2, 0.25) is 0 Å². The van der Waals surface area contributed by atoms with Crippen LogP contribution in [0.15, 0.2) is 6.20 Å². The van der Waals surface area contributed by atoms with Gasteiger partial charge in [-0.3, -0.25) is 9.88 Å². The van der Waals surface area contributed by atoms with Crippen molar-refractivity contribution in [2.75, 3.05) is 13.7 Å². The molecule has 1 aromatic heterocycles. The Bertz CT molecular complexity index is 475. The van der Waals surface area contributed by atoms with Gasteiger partial charge < -0.3 is 4.74 Å². The Morgan fingerprint density at radius 3 is 2.78 bits per heavy atom. The first-order valence-electron chi connectivity index (χ1n) is 6.27. The van der Waals surface area contributed by atoms with Gasteiger partial charge in [0.2, 0.25) is 0 Å². The van der Waals surface area contributed by atoms with Gasteiger partial charge in [-0.2, -0.15) is 5.26 Å². The summed E-state index contributed by atoms with van der Waals surface area (Å²) in [5, 5.41) is 8.87. The third-order valence-corrected chi connectivity index (χ3v) is 3.44. The predicted molar refractivity (Wildman–Crippen MR) is 69.3 cm³/mol. The maximum absolute atomic E-state index is 8.87. The standard InChI is InChI=1S/C14H19N3O/c1-10-8-16-13(11(2)14(10)18-3)9-17(7-6-15)12-4-5-12/h8,12H,4-5,7,9H2,1-3H3. The first-order chi connectivity index (χ1) is 8.67. The highest BCUT2D eigenvalue weighted by molar-refractivity contribution is 5.41. The SMILES string of the molecule is COc1c(C)cnc(CN(CC#N)C2CC2)c1C. The maximum Gasteiger partial charge on any atom is 0.128 e. The fourth-order valence-corrected chi connectivity index (χ4v) is 2.27. The van der Waals surface area contributed by atoms with E-state index >= 15 is 0 Å². The summed E-state index contributed by atoms with van der Waals surface area (Å²) in [6.45, 7) is 5.24. The van der Waals surface area contributed by atoms with Crippen LogP contribution in [0.1, 0.15) is 29.7 Å². The molecule has 0 saturated heterocycles. The average Bonchev–Trinajstić information content (AvgIpc) is 3.16. The van der Waals surface area contributed by atoms with Crippen molar-refractivity contribution < 1.29 is 4.74 Å². The van der Waals surface area contributed by atoms with Crippen molar-refractivity contribution >= 4 is 0 Å². The highest BCUT2D eigenvalue weighted by Gasteiger charge is 2.29. The fraction of sp³-hybridized carbons (Fsp3) is 0.571. The van der Waals surface area contributed by atoms with E-state index in [1.807, 2.05) is 20.0 Å². The molecule has 4 nitrogen and oxygen atoms in total. The van der Waals surface area contributed by atoms with E-state index in [2.05, 4.69) is 16.0 Å². The van der Waals surface area contributed by atoms with Crippen LogP contribution in [0, 0.1) is 25.2 Å². The lowest BCUT2D eigenvalue weighted by atomic mass is 10.1. The van der Waals surface area contributed by atoms with E-state index < -0.39 is 0 Å². The van der Waals surface area contributed by atoms with Crippen LogP contribution in [0.25, 0.3) is 0 Å².